The van der Waals surface area contributed by atoms with Gasteiger partial charge in [-0.05, 0) is 84.0 Å². The van der Waals surface area contributed by atoms with Gasteiger partial charge in [0.25, 0.3) is 0 Å². The van der Waals surface area contributed by atoms with Crippen LogP contribution in [0.2, 0.25) is 0 Å². The Bertz CT molecular complexity index is 1410. The molecule has 4 aromatic carbocycles. The highest BCUT2D eigenvalue weighted by Gasteiger charge is 2.46. The first kappa shape index (κ1) is 29.5. The Hall–Kier alpha value is -2.99. The quantitative estimate of drug-likeness (QED) is 0.115. The minimum absolute atomic E-state index is 0.322. The van der Waals surface area contributed by atoms with E-state index in [-0.39, 0.29) is 5.41 Å². The Kier molecular flexibility index (Phi) is 9.28. The van der Waals surface area contributed by atoms with Crippen LogP contribution in [0.15, 0.2) is 72.8 Å². The first-order valence-corrected chi connectivity index (χ1v) is 16.3. The minimum atomic E-state index is -0.322. The standard InChI is InChI=1S/C39H48B2/c1-5-7-9-11-13-29-22-30(14-12-10-8-6-2)24-32(23-29)39(31-20-27(3)19-28(4)21-31)37-25-33(40)15-17-35(37)36-18-16-34(41)26-38(36)39/h15-26H,5-14,40-41H2,1-4H3. The van der Waals surface area contributed by atoms with Gasteiger partial charge in [0.15, 0.2) is 0 Å². The molecule has 0 saturated carbocycles. The molecule has 1 aliphatic carbocycles. The lowest BCUT2D eigenvalue weighted by atomic mass is 9.65. The Morgan fingerprint density at radius 2 is 0.976 bits per heavy atom. The Labute approximate surface area is 251 Å². The number of benzene rings is 4. The van der Waals surface area contributed by atoms with Gasteiger partial charge in [-0.1, -0.05) is 147 Å². The summed E-state index contributed by atoms with van der Waals surface area (Å²) in [6, 6.07) is 29.3. The molecule has 5 rings (SSSR count). The second-order valence-corrected chi connectivity index (χ2v) is 12.9. The van der Waals surface area contributed by atoms with Crippen molar-refractivity contribution in [2.24, 2.45) is 0 Å². The molecule has 0 saturated heterocycles. The van der Waals surface area contributed by atoms with Crippen LogP contribution in [0, 0.1) is 13.8 Å². The predicted molar refractivity (Wildman–Crippen MR) is 185 cm³/mol. The highest BCUT2D eigenvalue weighted by Crippen LogP contribution is 2.56. The lowest BCUT2D eigenvalue weighted by Gasteiger charge is -2.35. The van der Waals surface area contributed by atoms with Crippen LogP contribution in [0.4, 0.5) is 0 Å². The summed E-state index contributed by atoms with van der Waals surface area (Å²) in [5.74, 6) is 0. The topological polar surface area (TPSA) is 0 Å². The molecule has 41 heavy (non-hydrogen) atoms. The van der Waals surface area contributed by atoms with Crippen LogP contribution >= 0.6 is 0 Å². The molecule has 0 nitrogen and oxygen atoms in total. The van der Waals surface area contributed by atoms with Crippen molar-refractivity contribution in [2.75, 3.05) is 0 Å². The summed E-state index contributed by atoms with van der Waals surface area (Å²) >= 11 is 0. The zero-order chi connectivity index (χ0) is 29.0. The predicted octanol–water partition coefficient (Wildman–Crippen LogP) is 7.43. The average Bonchev–Trinajstić information content (AvgIpc) is 3.22. The first-order chi connectivity index (χ1) is 19.9. The molecule has 0 aromatic heterocycles. The number of aryl methyl sites for hydroxylation is 4. The van der Waals surface area contributed by atoms with E-state index in [0.29, 0.717) is 0 Å². The van der Waals surface area contributed by atoms with Crippen molar-refractivity contribution >= 4 is 26.6 Å². The minimum Gasteiger partial charge on any atom is -0.0886 e. The van der Waals surface area contributed by atoms with Crippen LogP contribution in [-0.4, -0.2) is 15.7 Å². The van der Waals surface area contributed by atoms with Crippen LogP contribution in [0.1, 0.15) is 110 Å². The van der Waals surface area contributed by atoms with E-state index in [1.807, 2.05) is 0 Å². The molecule has 0 spiro atoms. The lowest BCUT2D eigenvalue weighted by molar-refractivity contribution is 0.658. The normalized spacial score (nSPS) is 13.3. The van der Waals surface area contributed by atoms with E-state index in [1.54, 1.807) is 0 Å². The van der Waals surface area contributed by atoms with Crippen molar-refractivity contribution in [1.29, 1.82) is 0 Å². The molecule has 4 aromatic rings. The maximum absolute atomic E-state index is 2.59. The molecular formula is C39H48B2. The van der Waals surface area contributed by atoms with Gasteiger partial charge < -0.3 is 0 Å². The number of rotatable bonds is 12. The van der Waals surface area contributed by atoms with Crippen LogP contribution in [-0.2, 0) is 18.3 Å². The molecule has 0 radical (unpaired) electrons. The third-order valence-corrected chi connectivity index (χ3v) is 9.23. The van der Waals surface area contributed by atoms with Gasteiger partial charge in [0.1, 0.15) is 15.7 Å². The van der Waals surface area contributed by atoms with E-state index in [9.17, 15) is 0 Å². The zero-order valence-corrected chi connectivity index (χ0v) is 26.5. The smallest absolute Gasteiger partial charge is 0.0886 e. The van der Waals surface area contributed by atoms with Gasteiger partial charge in [0, 0.05) is 0 Å². The Morgan fingerprint density at radius 3 is 1.44 bits per heavy atom. The number of hydrogen-bond donors (Lipinski definition) is 0. The SMILES string of the molecule is Bc1ccc2c(c1)C(c1cc(C)cc(C)c1)(c1cc(CCCCCC)cc(CCCCCC)c1)c1cc(B)ccc1-2. The van der Waals surface area contributed by atoms with E-state index < -0.39 is 0 Å². The third kappa shape index (κ3) is 5.99. The monoisotopic (exact) mass is 538 g/mol. The summed E-state index contributed by atoms with van der Waals surface area (Å²) in [7, 11) is 4.51. The average molecular weight is 538 g/mol. The van der Waals surface area contributed by atoms with Crippen LogP contribution in [0.25, 0.3) is 11.1 Å². The van der Waals surface area contributed by atoms with Crippen molar-refractivity contribution in [2.45, 2.75) is 97.3 Å². The van der Waals surface area contributed by atoms with Gasteiger partial charge in [-0.2, -0.15) is 0 Å². The molecule has 0 bridgehead atoms. The van der Waals surface area contributed by atoms with Gasteiger partial charge in [0.05, 0.1) is 5.41 Å². The summed E-state index contributed by atoms with van der Waals surface area (Å²) in [5, 5.41) is 0. The third-order valence-electron chi connectivity index (χ3n) is 9.23. The molecule has 0 fully saturated rings. The second kappa shape index (κ2) is 12.9. The van der Waals surface area contributed by atoms with Gasteiger partial charge >= 0.3 is 0 Å². The van der Waals surface area contributed by atoms with Crippen molar-refractivity contribution in [3.63, 3.8) is 0 Å². The van der Waals surface area contributed by atoms with E-state index in [0.717, 1.165) is 0 Å². The number of hydrogen-bond acceptors (Lipinski definition) is 0. The lowest BCUT2D eigenvalue weighted by Crippen LogP contribution is -2.31. The molecule has 1 aliphatic rings. The highest BCUT2D eigenvalue weighted by molar-refractivity contribution is 6.33. The fraction of sp³-hybridized carbons (Fsp3) is 0.385. The van der Waals surface area contributed by atoms with Crippen LogP contribution in [0.5, 0.6) is 0 Å². The maximum Gasteiger partial charge on any atom is 0.139 e. The van der Waals surface area contributed by atoms with E-state index in [1.165, 1.54) is 131 Å². The molecule has 0 heterocycles. The Morgan fingerprint density at radius 1 is 0.512 bits per heavy atom. The van der Waals surface area contributed by atoms with Crippen molar-refractivity contribution in [3.8, 4) is 11.1 Å². The Balaban J connectivity index is 1.79. The van der Waals surface area contributed by atoms with E-state index in [2.05, 4.69) is 116 Å². The fourth-order valence-corrected chi connectivity index (χ4v) is 7.31. The fourth-order valence-electron chi connectivity index (χ4n) is 7.31. The zero-order valence-electron chi connectivity index (χ0n) is 26.5. The van der Waals surface area contributed by atoms with Gasteiger partial charge in [0.2, 0.25) is 0 Å². The molecule has 2 heteroatoms. The van der Waals surface area contributed by atoms with Crippen LogP contribution in [0.3, 0.4) is 0 Å². The molecule has 210 valence electrons. The van der Waals surface area contributed by atoms with E-state index in [4.69, 9.17) is 0 Å². The summed E-state index contributed by atoms with van der Waals surface area (Å²) < 4.78 is 0. The van der Waals surface area contributed by atoms with Crippen molar-refractivity contribution < 1.29 is 0 Å². The summed E-state index contributed by atoms with van der Waals surface area (Å²) in [6.45, 7) is 9.14. The molecular weight excluding hydrogens is 490 g/mol. The second-order valence-electron chi connectivity index (χ2n) is 12.9. The number of unbranched alkanes of at least 4 members (excludes halogenated alkanes) is 6. The van der Waals surface area contributed by atoms with Gasteiger partial charge in [-0.25, -0.2) is 0 Å². The van der Waals surface area contributed by atoms with Crippen molar-refractivity contribution in [1.82, 2.24) is 0 Å². The summed E-state index contributed by atoms with van der Waals surface area (Å²) in [5.41, 5.74) is 16.6. The van der Waals surface area contributed by atoms with Gasteiger partial charge in [-0.15, -0.1) is 0 Å². The highest BCUT2D eigenvalue weighted by atomic mass is 14.5. The van der Waals surface area contributed by atoms with Crippen LogP contribution < -0.4 is 10.9 Å². The molecule has 0 amide bonds. The van der Waals surface area contributed by atoms with Crippen molar-refractivity contribution in [3.05, 3.63) is 117 Å². The largest absolute Gasteiger partial charge is 0.139 e. The molecule has 0 unspecified atom stereocenters. The van der Waals surface area contributed by atoms with Gasteiger partial charge in [-0.3, -0.25) is 0 Å². The summed E-state index contributed by atoms with van der Waals surface area (Å²) in [6.07, 6.45) is 12.7. The number of fused-ring (bicyclic) bond motifs is 3. The first-order valence-electron chi connectivity index (χ1n) is 16.3. The molecule has 0 N–H and O–H groups in total. The molecule has 0 atom stereocenters. The van der Waals surface area contributed by atoms with E-state index >= 15 is 0 Å². The molecule has 0 aliphatic heterocycles. The summed E-state index contributed by atoms with van der Waals surface area (Å²) in [4.78, 5) is 0. The maximum atomic E-state index is 2.59.